The van der Waals surface area contributed by atoms with Crippen LogP contribution in [0.1, 0.15) is 16.1 Å². The van der Waals surface area contributed by atoms with Gasteiger partial charge in [0.1, 0.15) is 11.3 Å². The van der Waals surface area contributed by atoms with E-state index in [0.717, 1.165) is 5.39 Å². The molecule has 0 aliphatic heterocycles. The second kappa shape index (κ2) is 5.44. The van der Waals surface area contributed by atoms with E-state index >= 15 is 0 Å². The van der Waals surface area contributed by atoms with Crippen molar-refractivity contribution in [2.75, 3.05) is 0 Å². The summed E-state index contributed by atoms with van der Waals surface area (Å²) in [5, 5.41) is 18.8. The molecule has 0 radical (unpaired) electrons. The van der Waals surface area contributed by atoms with Crippen molar-refractivity contribution in [2.24, 2.45) is 0 Å². The van der Waals surface area contributed by atoms with Crippen LogP contribution in [0.15, 0.2) is 18.3 Å². The third-order valence-corrected chi connectivity index (χ3v) is 4.94. The maximum atomic E-state index is 11.3. The number of aromatic carboxylic acids is 1. The fraction of sp³-hybridized carbons (Fsp3) is 0.308. The third kappa shape index (κ3) is 2.87. The van der Waals surface area contributed by atoms with Crippen molar-refractivity contribution in [2.45, 2.75) is 25.7 Å². The quantitative estimate of drug-likeness (QED) is 0.824. The predicted octanol–water partition coefficient (Wildman–Crippen LogP) is 2.51. The molecule has 0 aliphatic carbocycles. The average Bonchev–Trinajstić information content (AvgIpc) is 2.75. The molecule has 2 aromatic rings. The Kier molecular flexibility index (Phi) is 3.88. The van der Waals surface area contributed by atoms with Crippen LogP contribution in [0.3, 0.4) is 0 Å². The molecule has 0 fully saturated rings. The van der Waals surface area contributed by atoms with E-state index in [2.05, 4.69) is 16.0 Å². The summed E-state index contributed by atoms with van der Waals surface area (Å²) in [6.45, 7) is 4.04. The molecule has 2 rings (SSSR count). The highest BCUT2D eigenvalue weighted by molar-refractivity contribution is 6.71. The van der Waals surface area contributed by atoms with Gasteiger partial charge in [0, 0.05) is 17.1 Å². The molecule has 2 heterocycles. The van der Waals surface area contributed by atoms with Gasteiger partial charge in [0.15, 0.2) is 0 Å². The van der Waals surface area contributed by atoms with Crippen molar-refractivity contribution >= 4 is 25.3 Å². The van der Waals surface area contributed by atoms with Crippen molar-refractivity contribution in [1.82, 2.24) is 9.97 Å². The maximum Gasteiger partial charge on any atom is 0.352 e. The molecule has 0 atom stereocenters. The zero-order valence-electron chi connectivity index (χ0n) is 11.3. The summed E-state index contributed by atoms with van der Waals surface area (Å²) in [5.41, 5.74) is 1.21. The van der Waals surface area contributed by atoms with Gasteiger partial charge in [0.05, 0.1) is 18.7 Å². The molecule has 0 aromatic carbocycles. The molecular weight excluding hydrogens is 274 g/mol. The number of carboxylic acids is 1. The van der Waals surface area contributed by atoms with E-state index in [0.29, 0.717) is 17.3 Å². The number of aromatic nitrogens is 2. The Hall–Kier alpha value is -2.17. The molecule has 6 nitrogen and oxygen atoms in total. The Labute approximate surface area is 117 Å². The van der Waals surface area contributed by atoms with Crippen LogP contribution in [0, 0.1) is 11.3 Å². The first-order chi connectivity index (χ1) is 9.44. The number of nitrogens with one attached hydrogen (secondary N) is 1. The van der Waals surface area contributed by atoms with Gasteiger partial charge < -0.3 is 14.5 Å². The number of hydrogen-bond donors (Lipinski definition) is 2. The minimum atomic E-state index is -2.09. The number of H-pyrrole nitrogens is 1. The molecule has 104 valence electrons. The molecule has 7 heteroatoms. The lowest BCUT2D eigenvalue weighted by molar-refractivity contribution is 0.0688. The summed E-state index contributed by atoms with van der Waals surface area (Å²) in [6, 6.07) is 6.05. The summed E-state index contributed by atoms with van der Waals surface area (Å²) in [7, 11) is -2.09. The zero-order valence-corrected chi connectivity index (χ0v) is 12.3. The third-order valence-electron chi connectivity index (χ3n) is 3.00. The molecule has 0 saturated carbocycles. The smallest absolute Gasteiger partial charge is 0.352 e. The first kappa shape index (κ1) is 14.2. The monoisotopic (exact) mass is 289 g/mol. The normalized spacial score (nSPS) is 11.4. The largest absolute Gasteiger partial charge is 0.477 e. The van der Waals surface area contributed by atoms with E-state index in [1.54, 1.807) is 12.3 Å². The van der Waals surface area contributed by atoms with Gasteiger partial charge in [-0.05, 0) is 25.2 Å². The van der Waals surface area contributed by atoms with E-state index in [-0.39, 0.29) is 12.3 Å². The molecule has 0 amide bonds. The summed E-state index contributed by atoms with van der Waals surface area (Å²) >= 11 is 0. The summed E-state index contributed by atoms with van der Waals surface area (Å²) in [5.74, 6) is -1.04. The molecule has 0 saturated heterocycles. The fourth-order valence-electron chi connectivity index (χ4n) is 1.92. The minimum absolute atomic E-state index is 0.0976. The lowest BCUT2D eigenvalue weighted by Gasteiger charge is -2.19. The van der Waals surface area contributed by atoms with Gasteiger partial charge in [-0.2, -0.15) is 5.26 Å². The Morgan fingerprint density at radius 2 is 2.35 bits per heavy atom. The predicted molar refractivity (Wildman–Crippen MR) is 75.7 cm³/mol. The molecule has 0 aliphatic rings. The van der Waals surface area contributed by atoms with E-state index in [1.165, 1.54) is 0 Å². The molecular formula is C13H15N3O3Si. The fourth-order valence-corrected chi connectivity index (χ4v) is 2.94. The van der Waals surface area contributed by atoms with Crippen LogP contribution in [0.2, 0.25) is 19.1 Å². The van der Waals surface area contributed by atoms with E-state index in [4.69, 9.17) is 9.69 Å². The first-order valence-corrected chi connectivity index (χ1v) is 9.26. The lowest BCUT2D eigenvalue weighted by atomic mass is 10.2. The van der Waals surface area contributed by atoms with Crippen molar-refractivity contribution in [1.29, 1.82) is 5.26 Å². The first-order valence-electron chi connectivity index (χ1n) is 6.14. The highest BCUT2D eigenvalue weighted by atomic mass is 28.4. The van der Waals surface area contributed by atoms with Crippen molar-refractivity contribution in [3.8, 4) is 6.07 Å². The van der Waals surface area contributed by atoms with Gasteiger partial charge in [0.2, 0.25) is 8.32 Å². The maximum absolute atomic E-state index is 11.3. The molecule has 0 bridgehead atoms. The average molecular weight is 289 g/mol. The second-order valence-corrected chi connectivity index (χ2v) is 9.23. The van der Waals surface area contributed by atoms with Gasteiger partial charge >= 0.3 is 5.97 Å². The number of fused-ring (bicyclic) bond motifs is 1. The minimum Gasteiger partial charge on any atom is -0.477 e. The SMILES string of the molecule is C[Si](C)(CC#N)OCc1c(C(=O)O)[nH]c2ncccc12. The lowest BCUT2D eigenvalue weighted by Crippen LogP contribution is -2.29. The number of hydrogen-bond acceptors (Lipinski definition) is 4. The van der Waals surface area contributed by atoms with Crippen LogP contribution in [0.25, 0.3) is 11.0 Å². The van der Waals surface area contributed by atoms with E-state index in [1.807, 2.05) is 19.2 Å². The van der Waals surface area contributed by atoms with E-state index < -0.39 is 14.3 Å². The van der Waals surface area contributed by atoms with Crippen LogP contribution in [0.4, 0.5) is 0 Å². The topological polar surface area (TPSA) is 99.0 Å². The Balaban J connectivity index is 2.35. The Bertz CT molecular complexity index is 688. The number of carbonyl (C=O) groups is 1. The number of rotatable bonds is 5. The van der Waals surface area contributed by atoms with Crippen molar-refractivity contribution < 1.29 is 14.3 Å². The molecule has 0 spiro atoms. The second-order valence-electron chi connectivity index (χ2n) is 5.07. The van der Waals surface area contributed by atoms with Gasteiger partial charge in [-0.25, -0.2) is 9.78 Å². The van der Waals surface area contributed by atoms with Crippen molar-refractivity contribution in [3.63, 3.8) is 0 Å². The molecule has 20 heavy (non-hydrogen) atoms. The van der Waals surface area contributed by atoms with E-state index in [9.17, 15) is 9.90 Å². The highest BCUT2D eigenvalue weighted by Crippen LogP contribution is 2.23. The number of nitrogens with zero attached hydrogens (tertiary/aromatic N) is 2. The van der Waals surface area contributed by atoms with Gasteiger partial charge in [-0.15, -0.1) is 0 Å². The number of pyridine rings is 1. The molecule has 0 unspecified atom stereocenters. The summed E-state index contributed by atoms with van der Waals surface area (Å²) < 4.78 is 5.82. The zero-order chi connectivity index (χ0) is 14.8. The van der Waals surface area contributed by atoms with Crippen LogP contribution < -0.4 is 0 Å². The van der Waals surface area contributed by atoms with Crippen LogP contribution in [-0.2, 0) is 11.0 Å². The number of nitriles is 1. The standard InChI is InChI=1S/C13H15N3O3Si/c1-20(2,7-5-14)19-8-10-9-4-3-6-15-12(9)16-11(10)13(17)18/h3-4,6H,7-8H2,1-2H3,(H,15,16)(H,17,18). The Morgan fingerprint density at radius 3 is 3.00 bits per heavy atom. The Morgan fingerprint density at radius 1 is 1.60 bits per heavy atom. The van der Waals surface area contributed by atoms with Crippen LogP contribution in [-0.4, -0.2) is 29.4 Å². The van der Waals surface area contributed by atoms with Gasteiger partial charge in [0.25, 0.3) is 0 Å². The number of carboxylic acid groups (broad SMARTS) is 1. The van der Waals surface area contributed by atoms with Crippen LogP contribution in [0.5, 0.6) is 0 Å². The summed E-state index contributed by atoms with van der Waals surface area (Å²) in [6.07, 6.45) is 1.60. The van der Waals surface area contributed by atoms with Gasteiger partial charge in [-0.3, -0.25) is 0 Å². The summed E-state index contributed by atoms with van der Waals surface area (Å²) in [4.78, 5) is 18.2. The van der Waals surface area contributed by atoms with Gasteiger partial charge in [-0.1, -0.05) is 0 Å². The molecule has 2 aromatic heterocycles. The van der Waals surface area contributed by atoms with Crippen molar-refractivity contribution in [3.05, 3.63) is 29.6 Å². The highest BCUT2D eigenvalue weighted by Gasteiger charge is 2.25. The molecule has 2 N–H and O–H groups in total. The van der Waals surface area contributed by atoms with Crippen LogP contribution >= 0.6 is 0 Å². The number of aromatic amines is 1.